The van der Waals surface area contributed by atoms with E-state index in [2.05, 4.69) is 26.8 Å². The highest BCUT2D eigenvalue weighted by Gasteiger charge is 2.26. The summed E-state index contributed by atoms with van der Waals surface area (Å²) in [5.41, 5.74) is 6.43. The number of hydrogen-bond donors (Lipinski definition) is 2. The largest absolute Gasteiger partial charge is 0.459 e. The fourth-order valence-electron chi connectivity index (χ4n) is 3.34. The highest BCUT2D eigenvalue weighted by Crippen LogP contribution is 2.34. The van der Waals surface area contributed by atoms with Crippen LogP contribution in [0.3, 0.4) is 0 Å². The van der Waals surface area contributed by atoms with Crippen LogP contribution in [-0.2, 0) is 16.1 Å². The predicted molar refractivity (Wildman–Crippen MR) is 140 cm³/mol. The standard InChI is InChI=1S/C24H25F2N5O5S2/c1-5-10-31-20(14-6-8-15(9-7-14)36-23(25)26)29-30-24(31)37-11-16(32)28-21-17(22(34)35-12(2)3)13(4)18(38-21)19(27)33/h5-9,12,23H,1,10-11H2,2-4H3,(H2,27,33)(H,28,32). The van der Waals surface area contributed by atoms with Crippen LogP contribution in [0.15, 0.2) is 42.1 Å². The van der Waals surface area contributed by atoms with Gasteiger partial charge in [-0.05, 0) is 50.6 Å². The van der Waals surface area contributed by atoms with Gasteiger partial charge in [-0.2, -0.15) is 8.78 Å². The Labute approximate surface area is 225 Å². The van der Waals surface area contributed by atoms with E-state index in [-0.39, 0.29) is 26.9 Å². The number of ether oxygens (including phenoxy) is 2. The van der Waals surface area contributed by atoms with Crippen LogP contribution in [-0.4, -0.2) is 51.0 Å². The summed E-state index contributed by atoms with van der Waals surface area (Å²) in [5, 5.41) is 11.5. The Bertz CT molecular complexity index is 1340. The molecule has 0 aliphatic rings. The van der Waals surface area contributed by atoms with E-state index in [1.165, 1.54) is 12.1 Å². The molecule has 3 aromatic rings. The third kappa shape index (κ3) is 6.95. The zero-order chi connectivity index (χ0) is 28.0. The molecule has 0 unspecified atom stereocenters. The van der Waals surface area contributed by atoms with Gasteiger partial charge in [-0.3, -0.25) is 14.2 Å². The number of primary amides is 1. The number of benzene rings is 1. The van der Waals surface area contributed by atoms with Gasteiger partial charge in [-0.1, -0.05) is 17.8 Å². The van der Waals surface area contributed by atoms with Crippen LogP contribution in [0.25, 0.3) is 11.4 Å². The zero-order valence-electron chi connectivity index (χ0n) is 20.7. The van der Waals surface area contributed by atoms with Crippen molar-refractivity contribution in [1.29, 1.82) is 0 Å². The van der Waals surface area contributed by atoms with Gasteiger partial charge in [0.2, 0.25) is 5.91 Å². The van der Waals surface area contributed by atoms with Crippen LogP contribution in [0.4, 0.5) is 13.8 Å². The number of nitrogens with zero attached hydrogens (tertiary/aromatic N) is 3. The second-order valence-electron chi connectivity index (χ2n) is 8.02. The average Bonchev–Trinajstić information content (AvgIpc) is 3.38. The molecule has 3 rings (SSSR count). The minimum absolute atomic E-state index is 0.00440. The number of rotatable bonds is 12. The van der Waals surface area contributed by atoms with Crippen molar-refractivity contribution in [2.24, 2.45) is 5.73 Å². The van der Waals surface area contributed by atoms with Gasteiger partial charge < -0.3 is 20.5 Å². The average molecular weight is 566 g/mol. The van der Waals surface area contributed by atoms with Crippen molar-refractivity contribution in [3.63, 3.8) is 0 Å². The molecule has 1 aromatic carbocycles. The normalized spacial score (nSPS) is 11.0. The fraction of sp³-hybridized carbons (Fsp3) is 0.292. The number of halogens is 2. The molecule has 202 valence electrons. The fourth-order valence-corrected chi connectivity index (χ4v) is 5.15. The lowest BCUT2D eigenvalue weighted by molar-refractivity contribution is -0.113. The number of allylic oxidation sites excluding steroid dienone is 1. The van der Waals surface area contributed by atoms with E-state index < -0.39 is 30.5 Å². The SMILES string of the molecule is C=CCn1c(SCC(=O)Nc2sc(C(N)=O)c(C)c2C(=O)OC(C)C)nnc1-c1ccc(OC(F)F)cc1. The first kappa shape index (κ1) is 28.8. The molecule has 14 heteroatoms. The Morgan fingerprint density at radius 3 is 2.50 bits per heavy atom. The molecule has 0 saturated heterocycles. The van der Waals surface area contributed by atoms with Crippen molar-refractivity contribution >= 4 is 45.9 Å². The molecule has 0 spiro atoms. The van der Waals surface area contributed by atoms with Crippen LogP contribution >= 0.6 is 23.1 Å². The van der Waals surface area contributed by atoms with Crippen LogP contribution < -0.4 is 15.8 Å². The number of amides is 2. The topological polar surface area (TPSA) is 138 Å². The third-order valence-corrected chi connectivity index (χ3v) is 7.06. The van der Waals surface area contributed by atoms with Crippen molar-refractivity contribution in [3.05, 3.63) is 52.9 Å². The van der Waals surface area contributed by atoms with Crippen LogP contribution in [0.2, 0.25) is 0 Å². The Kier molecular flexibility index (Phi) is 9.58. The molecule has 0 fully saturated rings. The maximum absolute atomic E-state index is 12.8. The maximum Gasteiger partial charge on any atom is 0.387 e. The van der Waals surface area contributed by atoms with Gasteiger partial charge in [0, 0.05) is 12.1 Å². The molecule has 2 heterocycles. The molecule has 0 radical (unpaired) electrons. The van der Waals surface area contributed by atoms with Crippen molar-refractivity contribution < 1.29 is 32.6 Å². The van der Waals surface area contributed by atoms with Gasteiger partial charge in [0.15, 0.2) is 11.0 Å². The number of aromatic nitrogens is 3. The molecule has 10 nitrogen and oxygen atoms in total. The first-order valence-corrected chi connectivity index (χ1v) is 13.0. The molecule has 0 aliphatic carbocycles. The van der Waals surface area contributed by atoms with E-state index in [0.29, 0.717) is 28.7 Å². The van der Waals surface area contributed by atoms with Gasteiger partial charge >= 0.3 is 12.6 Å². The number of esters is 1. The number of thiophene rings is 1. The number of nitrogens with two attached hydrogens (primary N) is 1. The summed E-state index contributed by atoms with van der Waals surface area (Å²) in [7, 11) is 0. The quantitative estimate of drug-likeness (QED) is 0.186. The Balaban J connectivity index is 1.77. The van der Waals surface area contributed by atoms with E-state index in [1.54, 1.807) is 43.5 Å². The molecule has 0 bridgehead atoms. The highest BCUT2D eigenvalue weighted by atomic mass is 32.2. The summed E-state index contributed by atoms with van der Waals surface area (Å²) in [6, 6.07) is 5.91. The van der Waals surface area contributed by atoms with Crippen molar-refractivity contribution in [2.45, 2.75) is 45.2 Å². The van der Waals surface area contributed by atoms with Crippen molar-refractivity contribution in [3.8, 4) is 17.1 Å². The molecule has 0 atom stereocenters. The summed E-state index contributed by atoms with van der Waals surface area (Å²) >= 11 is 1.98. The van der Waals surface area contributed by atoms with Crippen LogP contribution in [0, 0.1) is 6.92 Å². The number of nitrogens with one attached hydrogen (secondary N) is 1. The van der Waals surface area contributed by atoms with E-state index in [0.717, 1.165) is 23.1 Å². The number of thioether (sulfide) groups is 1. The summed E-state index contributed by atoms with van der Waals surface area (Å²) in [4.78, 5) is 37.4. The number of anilines is 1. The lowest BCUT2D eigenvalue weighted by Gasteiger charge is -2.11. The number of carbonyl (C=O) groups is 3. The Hall–Kier alpha value is -3.78. The predicted octanol–water partition coefficient (Wildman–Crippen LogP) is 4.50. The minimum Gasteiger partial charge on any atom is -0.459 e. The number of carbonyl (C=O) groups excluding carboxylic acids is 3. The zero-order valence-corrected chi connectivity index (χ0v) is 22.3. The summed E-state index contributed by atoms with van der Waals surface area (Å²) in [6.45, 7) is 6.04. The second kappa shape index (κ2) is 12.6. The van der Waals surface area contributed by atoms with E-state index >= 15 is 0 Å². The van der Waals surface area contributed by atoms with Crippen molar-refractivity contribution in [2.75, 3.05) is 11.1 Å². The molecular weight excluding hydrogens is 540 g/mol. The van der Waals surface area contributed by atoms with Gasteiger partial charge in [0.1, 0.15) is 10.8 Å². The van der Waals surface area contributed by atoms with Gasteiger partial charge in [-0.25, -0.2) is 4.79 Å². The molecule has 0 aliphatic heterocycles. The summed E-state index contributed by atoms with van der Waals surface area (Å²) in [6.07, 6.45) is 1.22. The second-order valence-corrected chi connectivity index (χ2v) is 9.99. The van der Waals surface area contributed by atoms with E-state index in [1.807, 2.05) is 0 Å². The van der Waals surface area contributed by atoms with Crippen LogP contribution in [0.5, 0.6) is 5.75 Å². The summed E-state index contributed by atoms with van der Waals surface area (Å²) < 4.78 is 36.2. The first-order valence-electron chi connectivity index (χ1n) is 11.2. The van der Waals surface area contributed by atoms with Gasteiger partial charge in [0.25, 0.3) is 5.91 Å². The molecule has 0 saturated carbocycles. The molecule has 2 amide bonds. The molecular formula is C24H25F2N5O5S2. The van der Waals surface area contributed by atoms with Crippen LogP contribution in [0.1, 0.15) is 39.4 Å². The first-order chi connectivity index (χ1) is 18.0. The third-order valence-electron chi connectivity index (χ3n) is 4.87. The lowest BCUT2D eigenvalue weighted by Crippen LogP contribution is -2.18. The van der Waals surface area contributed by atoms with E-state index in [4.69, 9.17) is 10.5 Å². The monoisotopic (exact) mass is 565 g/mol. The highest BCUT2D eigenvalue weighted by molar-refractivity contribution is 7.99. The smallest absolute Gasteiger partial charge is 0.387 e. The van der Waals surface area contributed by atoms with Gasteiger partial charge in [0.05, 0.1) is 22.3 Å². The van der Waals surface area contributed by atoms with Crippen molar-refractivity contribution in [1.82, 2.24) is 14.8 Å². The molecule has 3 N–H and O–H groups in total. The Morgan fingerprint density at radius 1 is 1.24 bits per heavy atom. The lowest BCUT2D eigenvalue weighted by atomic mass is 10.1. The molecule has 2 aromatic heterocycles. The Morgan fingerprint density at radius 2 is 1.92 bits per heavy atom. The van der Waals surface area contributed by atoms with E-state index in [9.17, 15) is 23.2 Å². The molecule has 38 heavy (non-hydrogen) atoms. The number of alkyl halides is 2. The summed E-state index contributed by atoms with van der Waals surface area (Å²) in [5.74, 6) is -1.52. The minimum atomic E-state index is -2.93. The number of hydrogen-bond acceptors (Lipinski definition) is 9. The maximum atomic E-state index is 12.8. The van der Waals surface area contributed by atoms with Gasteiger partial charge in [-0.15, -0.1) is 28.1 Å².